The van der Waals surface area contributed by atoms with Crippen LogP contribution in [-0.2, 0) is 11.8 Å². The molecule has 134 valence electrons. The summed E-state index contributed by atoms with van der Waals surface area (Å²) in [5.74, 6) is 1.38. The summed E-state index contributed by atoms with van der Waals surface area (Å²) in [6.45, 7) is 3.04. The van der Waals surface area contributed by atoms with Crippen molar-refractivity contribution in [1.29, 1.82) is 0 Å². The zero-order valence-corrected chi connectivity index (χ0v) is 16.2. The van der Waals surface area contributed by atoms with Crippen molar-refractivity contribution in [2.45, 2.75) is 43.8 Å². The van der Waals surface area contributed by atoms with E-state index in [1.807, 2.05) is 40.8 Å². The Balaban J connectivity index is 1.65. The van der Waals surface area contributed by atoms with Gasteiger partial charge in [-0.3, -0.25) is 4.79 Å². The van der Waals surface area contributed by atoms with Crippen LogP contribution in [0.25, 0.3) is 11.4 Å². The number of aromatic nitrogens is 3. The minimum Gasteiger partial charge on any atom is -0.339 e. The summed E-state index contributed by atoms with van der Waals surface area (Å²) < 4.78 is 1.93. The molecule has 1 amide bonds. The fraction of sp³-hybridized carbons (Fsp3) is 0.500. The molecule has 1 aromatic heterocycles. The number of carbonyl (C=O) groups is 1. The normalized spacial score (nSPS) is 17.7. The highest BCUT2D eigenvalue weighted by Gasteiger charge is 2.25. The van der Waals surface area contributed by atoms with Gasteiger partial charge in [0.1, 0.15) is 0 Å². The lowest BCUT2D eigenvalue weighted by atomic mass is 10.0. The maximum absolute atomic E-state index is 12.6. The lowest BCUT2D eigenvalue weighted by molar-refractivity contribution is -0.132. The molecule has 0 spiro atoms. The summed E-state index contributed by atoms with van der Waals surface area (Å²) in [5.41, 5.74) is 0.958. The van der Waals surface area contributed by atoms with Gasteiger partial charge in [0.25, 0.3) is 0 Å². The van der Waals surface area contributed by atoms with Crippen molar-refractivity contribution in [3.63, 3.8) is 0 Å². The number of carbonyl (C=O) groups excluding carboxylic acids is 1. The monoisotopic (exact) mass is 378 g/mol. The molecule has 0 unspecified atom stereocenters. The third-order valence-electron chi connectivity index (χ3n) is 4.68. The van der Waals surface area contributed by atoms with Crippen LogP contribution in [0.3, 0.4) is 0 Å². The third-order valence-corrected chi connectivity index (χ3v) is 5.94. The minimum absolute atomic E-state index is 0.201. The van der Waals surface area contributed by atoms with Crippen molar-refractivity contribution in [3.05, 3.63) is 29.3 Å². The van der Waals surface area contributed by atoms with Crippen molar-refractivity contribution in [2.24, 2.45) is 7.05 Å². The van der Waals surface area contributed by atoms with Gasteiger partial charge in [0, 0.05) is 30.2 Å². The van der Waals surface area contributed by atoms with Gasteiger partial charge >= 0.3 is 0 Å². The number of piperidine rings is 1. The molecule has 5 nitrogen and oxygen atoms in total. The van der Waals surface area contributed by atoms with Crippen LogP contribution in [0.5, 0.6) is 0 Å². The quantitative estimate of drug-likeness (QED) is 0.737. The van der Waals surface area contributed by atoms with Crippen LogP contribution < -0.4 is 0 Å². The maximum Gasteiger partial charge on any atom is 0.233 e. The summed E-state index contributed by atoms with van der Waals surface area (Å²) in [4.78, 5) is 14.6. The first-order chi connectivity index (χ1) is 12.1. The van der Waals surface area contributed by atoms with Gasteiger partial charge in [0.15, 0.2) is 11.0 Å². The fourth-order valence-electron chi connectivity index (χ4n) is 3.25. The summed E-state index contributed by atoms with van der Waals surface area (Å²) in [6.07, 6.45) is 4.49. The Morgan fingerprint density at radius 3 is 2.76 bits per heavy atom. The average Bonchev–Trinajstić information content (AvgIpc) is 3.01. The lowest BCUT2D eigenvalue weighted by Crippen LogP contribution is -2.44. The van der Waals surface area contributed by atoms with Crippen LogP contribution in [-0.4, -0.2) is 43.9 Å². The third kappa shape index (κ3) is 4.18. The van der Waals surface area contributed by atoms with Gasteiger partial charge in [-0.2, -0.15) is 0 Å². The Labute approximate surface area is 157 Å². The molecule has 0 saturated carbocycles. The minimum atomic E-state index is 0.201. The van der Waals surface area contributed by atoms with Crippen LogP contribution in [0.15, 0.2) is 29.4 Å². The van der Waals surface area contributed by atoms with E-state index in [1.165, 1.54) is 18.2 Å². The second-order valence-electron chi connectivity index (χ2n) is 6.31. The van der Waals surface area contributed by atoms with E-state index in [0.717, 1.165) is 42.4 Å². The predicted molar refractivity (Wildman–Crippen MR) is 102 cm³/mol. The molecule has 0 radical (unpaired) electrons. The number of hydrogen-bond donors (Lipinski definition) is 0. The van der Waals surface area contributed by atoms with Gasteiger partial charge in [-0.25, -0.2) is 0 Å². The smallest absolute Gasteiger partial charge is 0.233 e. The molecule has 1 aliphatic heterocycles. The van der Waals surface area contributed by atoms with Crippen molar-refractivity contribution < 1.29 is 4.79 Å². The molecule has 2 heterocycles. The number of nitrogens with zero attached hydrogens (tertiary/aromatic N) is 4. The van der Waals surface area contributed by atoms with E-state index in [2.05, 4.69) is 17.1 Å². The van der Waals surface area contributed by atoms with E-state index in [4.69, 9.17) is 11.6 Å². The van der Waals surface area contributed by atoms with Crippen molar-refractivity contribution in [1.82, 2.24) is 19.7 Å². The van der Waals surface area contributed by atoms with E-state index in [9.17, 15) is 4.79 Å². The van der Waals surface area contributed by atoms with Crippen LogP contribution in [0.2, 0.25) is 5.02 Å². The molecule has 25 heavy (non-hydrogen) atoms. The van der Waals surface area contributed by atoms with Gasteiger partial charge in [0.2, 0.25) is 5.91 Å². The topological polar surface area (TPSA) is 51.0 Å². The summed E-state index contributed by atoms with van der Waals surface area (Å²) in [7, 11) is 1.92. The van der Waals surface area contributed by atoms with Gasteiger partial charge < -0.3 is 9.47 Å². The fourth-order valence-corrected chi connectivity index (χ4v) is 4.18. The lowest BCUT2D eigenvalue weighted by Gasteiger charge is -2.35. The molecule has 2 aromatic rings. The maximum atomic E-state index is 12.6. The first-order valence-corrected chi connectivity index (χ1v) is 10.0. The van der Waals surface area contributed by atoms with Gasteiger partial charge in [-0.05, 0) is 49.9 Å². The average molecular weight is 379 g/mol. The molecule has 0 N–H and O–H groups in total. The molecule has 1 atom stereocenters. The first-order valence-electron chi connectivity index (χ1n) is 8.67. The Morgan fingerprint density at radius 1 is 1.28 bits per heavy atom. The van der Waals surface area contributed by atoms with Crippen LogP contribution in [0, 0.1) is 0 Å². The molecule has 1 aromatic carbocycles. The van der Waals surface area contributed by atoms with Crippen LogP contribution in [0.1, 0.15) is 32.6 Å². The van der Waals surface area contributed by atoms with Crippen LogP contribution >= 0.6 is 23.4 Å². The molecule has 3 rings (SSSR count). The second kappa shape index (κ2) is 8.23. The number of hydrogen-bond acceptors (Lipinski definition) is 4. The molecule has 1 fully saturated rings. The van der Waals surface area contributed by atoms with Gasteiger partial charge in [-0.1, -0.05) is 30.3 Å². The molecule has 7 heteroatoms. The Bertz CT molecular complexity index is 731. The Kier molecular flexibility index (Phi) is 6.02. The van der Waals surface area contributed by atoms with Crippen molar-refractivity contribution >= 4 is 29.3 Å². The number of likely N-dealkylation sites (tertiary alicyclic amines) is 1. The number of amides is 1. The van der Waals surface area contributed by atoms with E-state index < -0.39 is 0 Å². The highest BCUT2D eigenvalue weighted by atomic mass is 35.5. The standard InChI is InChI=1S/C18H23ClN4OS/c1-3-15-6-4-5-11-23(15)16(24)12-25-18-21-20-17(22(18)2)13-7-9-14(19)10-8-13/h7-10,15H,3-6,11-12H2,1-2H3/t15-/m0/s1. The molecular weight excluding hydrogens is 356 g/mol. The summed E-state index contributed by atoms with van der Waals surface area (Å²) in [6, 6.07) is 7.91. The van der Waals surface area contributed by atoms with Gasteiger partial charge in [0.05, 0.1) is 5.75 Å². The Morgan fingerprint density at radius 2 is 2.04 bits per heavy atom. The first kappa shape index (κ1) is 18.3. The zero-order valence-electron chi connectivity index (χ0n) is 14.6. The molecule has 1 saturated heterocycles. The highest BCUT2D eigenvalue weighted by Crippen LogP contribution is 2.25. The number of benzene rings is 1. The van der Waals surface area contributed by atoms with E-state index in [-0.39, 0.29) is 5.91 Å². The zero-order chi connectivity index (χ0) is 17.8. The van der Waals surface area contributed by atoms with E-state index in [0.29, 0.717) is 16.8 Å². The van der Waals surface area contributed by atoms with Crippen molar-refractivity contribution in [2.75, 3.05) is 12.3 Å². The molecule has 1 aliphatic rings. The number of thioether (sulfide) groups is 1. The summed E-state index contributed by atoms with van der Waals surface area (Å²) in [5, 5.41) is 9.95. The van der Waals surface area contributed by atoms with Gasteiger partial charge in [-0.15, -0.1) is 10.2 Å². The molecule has 0 bridgehead atoms. The highest BCUT2D eigenvalue weighted by molar-refractivity contribution is 7.99. The van der Waals surface area contributed by atoms with Crippen molar-refractivity contribution in [3.8, 4) is 11.4 Å². The predicted octanol–water partition coefficient (Wildman–Crippen LogP) is 4.02. The molecular formula is C18H23ClN4OS. The van der Waals surface area contributed by atoms with E-state index >= 15 is 0 Å². The SMILES string of the molecule is CC[C@H]1CCCCN1C(=O)CSc1nnc(-c2ccc(Cl)cc2)n1C. The molecule has 0 aliphatic carbocycles. The van der Waals surface area contributed by atoms with Crippen LogP contribution in [0.4, 0.5) is 0 Å². The number of halogens is 1. The summed E-state index contributed by atoms with van der Waals surface area (Å²) >= 11 is 7.39. The van der Waals surface area contributed by atoms with E-state index in [1.54, 1.807) is 0 Å². The largest absolute Gasteiger partial charge is 0.339 e. The second-order valence-corrected chi connectivity index (χ2v) is 7.68. The number of rotatable bonds is 5. The Hall–Kier alpha value is -1.53.